The number of nitrogens with zero attached hydrogens (tertiary/aromatic N) is 3. The van der Waals surface area contributed by atoms with E-state index < -0.39 is 22.2 Å². The molecule has 138 valence electrons. The fourth-order valence-corrected chi connectivity index (χ4v) is 5.30. The quantitative estimate of drug-likeness (QED) is 0.750. The van der Waals surface area contributed by atoms with Crippen molar-refractivity contribution in [2.75, 3.05) is 0 Å². The largest absolute Gasteiger partial charge is 0.387 e. The molecule has 2 aromatic heterocycles. The molecular weight excluding hydrogens is 362 g/mol. The maximum absolute atomic E-state index is 13.3. The van der Waals surface area contributed by atoms with Gasteiger partial charge >= 0.3 is 0 Å². The Balaban J connectivity index is 1.80. The molecule has 27 heavy (non-hydrogen) atoms. The molecule has 0 unspecified atom stereocenters. The molecule has 0 fully saturated rings. The van der Waals surface area contributed by atoms with Crippen LogP contribution in [0, 0.1) is 0 Å². The van der Waals surface area contributed by atoms with Gasteiger partial charge < -0.3 is 5.11 Å². The van der Waals surface area contributed by atoms with Gasteiger partial charge in [-0.1, -0.05) is 30.3 Å². The third kappa shape index (κ3) is 3.37. The number of hydrogen-bond acceptors (Lipinski definition) is 5. The second kappa shape index (κ2) is 7.19. The summed E-state index contributed by atoms with van der Waals surface area (Å²) < 4.78 is 28.0. The summed E-state index contributed by atoms with van der Waals surface area (Å²) in [5.41, 5.74) is 1.92. The molecule has 6 nitrogen and oxygen atoms in total. The molecule has 0 radical (unpaired) electrons. The molecule has 1 aliphatic heterocycles. The van der Waals surface area contributed by atoms with Crippen molar-refractivity contribution in [2.45, 2.75) is 30.0 Å². The van der Waals surface area contributed by atoms with Gasteiger partial charge in [0.15, 0.2) is 0 Å². The highest BCUT2D eigenvalue weighted by Crippen LogP contribution is 2.38. The van der Waals surface area contributed by atoms with Crippen LogP contribution in [-0.2, 0) is 23.0 Å². The maximum atomic E-state index is 13.3. The second-order valence-corrected chi connectivity index (χ2v) is 8.35. The van der Waals surface area contributed by atoms with Gasteiger partial charge in [0.2, 0.25) is 10.0 Å². The normalized spacial score (nSPS) is 21.5. The average molecular weight is 381 g/mol. The highest BCUT2D eigenvalue weighted by atomic mass is 32.2. The lowest BCUT2D eigenvalue weighted by molar-refractivity contribution is 0.0764. The number of fused-ring (bicyclic) bond motifs is 1. The SMILES string of the molecule is O=S1(=O)c2ccccc2[C@@H](O)[C@@H](Cc2ccccn2)N1Cc1cccnc1. The topological polar surface area (TPSA) is 83.4 Å². The van der Waals surface area contributed by atoms with E-state index in [2.05, 4.69) is 9.97 Å². The van der Waals surface area contributed by atoms with Gasteiger partial charge in [-0.05, 0) is 29.8 Å². The van der Waals surface area contributed by atoms with E-state index in [9.17, 15) is 13.5 Å². The third-order valence-corrected chi connectivity index (χ3v) is 6.71. The summed E-state index contributed by atoms with van der Waals surface area (Å²) in [5, 5.41) is 11.0. The van der Waals surface area contributed by atoms with Crippen LogP contribution < -0.4 is 0 Å². The molecule has 4 rings (SSSR count). The van der Waals surface area contributed by atoms with E-state index in [1.807, 2.05) is 18.2 Å². The Bertz CT molecular complexity index is 1030. The molecule has 1 aliphatic rings. The van der Waals surface area contributed by atoms with Crippen LogP contribution in [0.4, 0.5) is 0 Å². The summed E-state index contributed by atoms with van der Waals surface area (Å²) in [6.07, 6.45) is 4.32. The first-order valence-corrected chi connectivity index (χ1v) is 10.1. The van der Waals surface area contributed by atoms with Crippen molar-refractivity contribution in [1.29, 1.82) is 0 Å². The van der Waals surface area contributed by atoms with E-state index in [4.69, 9.17) is 0 Å². The highest BCUT2D eigenvalue weighted by Gasteiger charge is 2.43. The molecule has 1 aromatic carbocycles. The van der Waals surface area contributed by atoms with Gasteiger partial charge in [0, 0.05) is 42.8 Å². The Morgan fingerprint density at radius 2 is 1.81 bits per heavy atom. The summed E-state index contributed by atoms with van der Waals surface area (Å²) in [5.74, 6) is 0. The molecule has 0 spiro atoms. The number of sulfonamides is 1. The van der Waals surface area contributed by atoms with Gasteiger partial charge in [-0.25, -0.2) is 8.42 Å². The minimum atomic E-state index is -3.77. The second-order valence-electron chi connectivity index (χ2n) is 6.49. The Kier molecular flexibility index (Phi) is 4.73. The van der Waals surface area contributed by atoms with Gasteiger partial charge in [-0.15, -0.1) is 0 Å². The summed E-state index contributed by atoms with van der Waals surface area (Å²) in [6, 6.07) is 15.1. The monoisotopic (exact) mass is 381 g/mol. The molecule has 3 aromatic rings. The standard InChI is InChI=1S/C20H19N3O3S/c24-20-17-8-1-2-9-19(17)27(25,26)23(14-15-6-5-10-21-13-15)18(20)12-16-7-3-4-11-22-16/h1-11,13,18,20,24H,12,14H2/t18-,20-/m1/s1. The zero-order valence-corrected chi connectivity index (χ0v) is 15.3. The van der Waals surface area contributed by atoms with E-state index in [1.165, 1.54) is 4.31 Å². The number of pyridine rings is 2. The molecule has 0 saturated carbocycles. The lowest BCUT2D eigenvalue weighted by Crippen LogP contribution is -2.48. The zero-order chi connectivity index (χ0) is 18.9. The van der Waals surface area contributed by atoms with Crippen molar-refractivity contribution < 1.29 is 13.5 Å². The number of hydrogen-bond donors (Lipinski definition) is 1. The third-order valence-electron chi connectivity index (χ3n) is 4.76. The summed E-state index contributed by atoms with van der Waals surface area (Å²) in [7, 11) is -3.77. The molecular formula is C20H19N3O3S. The summed E-state index contributed by atoms with van der Waals surface area (Å²) >= 11 is 0. The van der Waals surface area contributed by atoms with Crippen molar-refractivity contribution >= 4 is 10.0 Å². The zero-order valence-electron chi connectivity index (χ0n) is 14.5. The van der Waals surface area contributed by atoms with Crippen LogP contribution in [0.2, 0.25) is 0 Å². The van der Waals surface area contributed by atoms with Crippen LogP contribution in [0.3, 0.4) is 0 Å². The van der Waals surface area contributed by atoms with Gasteiger partial charge in [-0.2, -0.15) is 4.31 Å². The first-order valence-electron chi connectivity index (χ1n) is 8.65. The van der Waals surface area contributed by atoms with E-state index >= 15 is 0 Å². The maximum Gasteiger partial charge on any atom is 0.244 e. The summed E-state index contributed by atoms with van der Waals surface area (Å²) in [6.45, 7) is 0.138. The number of aliphatic hydroxyl groups is 1. The predicted molar refractivity (Wildman–Crippen MR) is 100 cm³/mol. The molecule has 7 heteroatoms. The van der Waals surface area contributed by atoms with E-state index in [0.29, 0.717) is 12.0 Å². The van der Waals surface area contributed by atoms with E-state index in [1.54, 1.807) is 55.0 Å². The van der Waals surface area contributed by atoms with Crippen molar-refractivity contribution in [2.24, 2.45) is 0 Å². The molecule has 0 amide bonds. The molecule has 0 bridgehead atoms. The first-order chi connectivity index (χ1) is 13.1. The van der Waals surface area contributed by atoms with Crippen LogP contribution in [0.15, 0.2) is 78.1 Å². The average Bonchev–Trinajstić information content (AvgIpc) is 2.71. The number of benzene rings is 1. The number of aliphatic hydroxyl groups excluding tert-OH is 1. The van der Waals surface area contributed by atoms with Crippen LogP contribution in [0.5, 0.6) is 0 Å². The fraction of sp³-hybridized carbons (Fsp3) is 0.200. The van der Waals surface area contributed by atoms with E-state index in [-0.39, 0.29) is 11.4 Å². The molecule has 0 saturated heterocycles. The van der Waals surface area contributed by atoms with Gasteiger partial charge in [0.05, 0.1) is 17.0 Å². The van der Waals surface area contributed by atoms with Crippen LogP contribution in [0.1, 0.15) is 22.9 Å². The molecule has 2 atom stereocenters. The van der Waals surface area contributed by atoms with E-state index in [0.717, 1.165) is 11.3 Å². The van der Waals surface area contributed by atoms with Crippen molar-refractivity contribution in [3.8, 4) is 0 Å². The van der Waals surface area contributed by atoms with Crippen molar-refractivity contribution in [3.63, 3.8) is 0 Å². The van der Waals surface area contributed by atoms with Crippen LogP contribution in [0.25, 0.3) is 0 Å². The predicted octanol–water partition coefficient (Wildman–Crippen LogP) is 2.33. The summed E-state index contributed by atoms with van der Waals surface area (Å²) in [4.78, 5) is 8.53. The van der Waals surface area contributed by atoms with Crippen LogP contribution in [-0.4, -0.2) is 33.8 Å². The fourth-order valence-electron chi connectivity index (χ4n) is 3.45. The Morgan fingerprint density at radius 1 is 1.00 bits per heavy atom. The lowest BCUT2D eigenvalue weighted by Gasteiger charge is -2.39. The number of aromatic nitrogens is 2. The first kappa shape index (κ1) is 17.8. The van der Waals surface area contributed by atoms with Crippen molar-refractivity contribution in [3.05, 3.63) is 90.0 Å². The van der Waals surface area contributed by atoms with Gasteiger partial charge in [0.25, 0.3) is 0 Å². The molecule has 0 aliphatic carbocycles. The number of rotatable bonds is 4. The molecule has 3 heterocycles. The Hall–Kier alpha value is -2.61. The minimum Gasteiger partial charge on any atom is -0.387 e. The Labute approximate surface area is 158 Å². The lowest BCUT2D eigenvalue weighted by atomic mass is 9.97. The van der Waals surface area contributed by atoms with Crippen LogP contribution >= 0.6 is 0 Å². The van der Waals surface area contributed by atoms with Gasteiger partial charge in [0.1, 0.15) is 0 Å². The van der Waals surface area contributed by atoms with Gasteiger partial charge in [-0.3, -0.25) is 9.97 Å². The van der Waals surface area contributed by atoms with Crippen molar-refractivity contribution in [1.82, 2.24) is 14.3 Å². The molecule has 1 N–H and O–H groups in total. The highest BCUT2D eigenvalue weighted by molar-refractivity contribution is 7.89. The Morgan fingerprint density at radius 3 is 2.56 bits per heavy atom. The smallest absolute Gasteiger partial charge is 0.244 e. The minimum absolute atomic E-state index is 0.138.